The molecule has 6 nitrogen and oxygen atoms in total. The Hall–Kier alpha value is -2.64. The van der Waals surface area contributed by atoms with E-state index in [0.29, 0.717) is 18.0 Å². The molecule has 1 saturated heterocycles. The van der Waals surface area contributed by atoms with Crippen LogP contribution in [0.25, 0.3) is 11.1 Å². The highest BCUT2D eigenvalue weighted by Crippen LogP contribution is 2.27. The molecule has 2 aromatic carbocycles. The van der Waals surface area contributed by atoms with E-state index in [9.17, 15) is 8.42 Å². The molecule has 7 heteroatoms. The molecule has 0 unspecified atom stereocenters. The second kappa shape index (κ2) is 9.08. The fraction of sp³-hybridized carbons (Fsp3) is 0.400. The van der Waals surface area contributed by atoms with Gasteiger partial charge in [0.05, 0.1) is 22.0 Å². The first-order valence-corrected chi connectivity index (χ1v) is 12.7. The van der Waals surface area contributed by atoms with Crippen LogP contribution in [-0.4, -0.2) is 36.2 Å². The third-order valence-electron chi connectivity index (χ3n) is 6.02. The molecule has 1 N–H and O–H groups in total. The number of nitrogens with one attached hydrogen (secondary N) is 1. The number of benzene rings is 2. The molecule has 0 spiro atoms. The van der Waals surface area contributed by atoms with Crippen LogP contribution in [0.3, 0.4) is 0 Å². The van der Waals surface area contributed by atoms with Crippen LogP contribution in [0, 0.1) is 12.8 Å². The molecule has 1 aliphatic rings. The minimum Gasteiger partial charge on any atom is -0.299 e. The van der Waals surface area contributed by atoms with Crippen LogP contribution in [-0.2, 0) is 30.0 Å². The van der Waals surface area contributed by atoms with Crippen molar-refractivity contribution in [2.24, 2.45) is 13.0 Å². The van der Waals surface area contributed by atoms with Gasteiger partial charge >= 0.3 is 0 Å². The highest BCUT2D eigenvalue weighted by atomic mass is 32.2. The summed E-state index contributed by atoms with van der Waals surface area (Å²) >= 11 is 0. The zero-order valence-electron chi connectivity index (χ0n) is 19.3. The summed E-state index contributed by atoms with van der Waals surface area (Å²) in [6, 6.07) is 15.6. The summed E-state index contributed by atoms with van der Waals surface area (Å²) in [6.07, 6.45) is 1.99. The molecule has 0 amide bonds. The van der Waals surface area contributed by atoms with Crippen molar-refractivity contribution in [3.63, 3.8) is 0 Å². The maximum atomic E-state index is 13.1. The molecule has 170 valence electrons. The van der Waals surface area contributed by atoms with Crippen LogP contribution in [0.5, 0.6) is 0 Å². The molecule has 0 atom stereocenters. The Kier molecular flexibility index (Phi) is 6.40. The van der Waals surface area contributed by atoms with Crippen molar-refractivity contribution in [3.8, 4) is 11.1 Å². The fourth-order valence-corrected chi connectivity index (χ4v) is 5.15. The lowest BCUT2D eigenvalue weighted by molar-refractivity contribution is 0.172. The zero-order chi connectivity index (χ0) is 22.9. The van der Waals surface area contributed by atoms with Gasteiger partial charge in [-0.25, -0.2) is 8.42 Å². The number of aryl methyl sites for hydroxylation is 1. The van der Waals surface area contributed by atoms with Gasteiger partial charge in [0.1, 0.15) is 0 Å². The third kappa shape index (κ3) is 4.89. The molecule has 0 radical (unpaired) electrons. The quantitative estimate of drug-likeness (QED) is 0.542. The van der Waals surface area contributed by atoms with Crippen LogP contribution >= 0.6 is 0 Å². The number of nitrogens with zero attached hydrogens (tertiary/aromatic N) is 3. The van der Waals surface area contributed by atoms with Crippen molar-refractivity contribution < 1.29 is 8.42 Å². The first-order valence-electron chi connectivity index (χ1n) is 11.2. The Morgan fingerprint density at radius 1 is 1.06 bits per heavy atom. The van der Waals surface area contributed by atoms with Crippen molar-refractivity contribution in [2.75, 3.05) is 17.8 Å². The maximum Gasteiger partial charge on any atom is 0.262 e. The number of likely N-dealkylation sites (tertiary alicyclic amines) is 1. The van der Waals surface area contributed by atoms with Crippen LogP contribution < -0.4 is 4.72 Å². The number of rotatable bonds is 8. The molecule has 4 rings (SSSR count). The molecular formula is C25H32N4O2S. The van der Waals surface area contributed by atoms with Crippen molar-refractivity contribution >= 4 is 15.7 Å². The second-order valence-electron chi connectivity index (χ2n) is 9.09. The second-order valence-corrected chi connectivity index (χ2v) is 10.8. The van der Waals surface area contributed by atoms with Crippen molar-refractivity contribution in [2.45, 2.75) is 45.1 Å². The summed E-state index contributed by atoms with van der Waals surface area (Å²) in [4.78, 5) is 2.67. The lowest BCUT2D eigenvalue weighted by atomic mass is 10.0. The molecule has 3 aromatic rings. The van der Waals surface area contributed by atoms with Gasteiger partial charge in [-0.1, -0.05) is 44.2 Å². The summed E-state index contributed by atoms with van der Waals surface area (Å²) in [5.41, 5.74) is 5.56. The van der Waals surface area contributed by atoms with E-state index in [-0.39, 0.29) is 4.90 Å². The molecule has 2 heterocycles. The average molecular weight is 453 g/mol. The van der Waals surface area contributed by atoms with Crippen LogP contribution in [0.4, 0.5) is 5.69 Å². The van der Waals surface area contributed by atoms with Crippen LogP contribution in [0.1, 0.15) is 37.2 Å². The first kappa shape index (κ1) is 22.6. The molecule has 1 fully saturated rings. The van der Waals surface area contributed by atoms with Crippen LogP contribution in [0.15, 0.2) is 53.4 Å². The first-order chi connectivity index (χ1) is 15.2. The van der Waals surface area contributed by atoms with E-state index >= 15 is 0 Å². The van der Waals surface area contributed by atoms with Crippen molar-refractivity contribution in [1.29, 1.82) is 0 Å². The van der Waals surface area contributed by atoms with Gasteiger partial charge in [0.2, 0.25) is 0 Å². The fourth-order valence-electron chi connectivity index (χ4n) is 4.01. The zero-order valence-corrected chi connectivity index (χ0v) is 20.1. The van der Waals surface area contributed by atoms with Gasteiger partial charge in [-0.2, -0.15) is 5.10 Å². The molecule has 0 aliphatic carbocycles. The topological polar surface area (TPSA) is 67.2 Å². The Labute approximate surface area is 191 Å². The molecule has 0 saturated carbocycles. The number of aromatic nitrogens is 2. The number of sulfonamides is 1. The van der Waals surface area contributed by atoms with Gasteiger partial charge < -0.3 is 0 Å². The third-order valence-corrected chi connectivity index (χ3v) is 7.39. The molecule has 1 aromatic heterocycles. The lowest BCUT2D eigenvalue weighted by Gasteiger charge is -2.30. The van der Waals surface area contributed by atoms with E-state index in [4.69, 9.17) is 0 Å². The highest BCUT2D eigenvalue weighted by molar-refractivity contribution is 7.92. The van der Waals surface area contributed by atoms with Crippen molar-refractivity contribution in [3.05, 3.63) is 65.5 Å². The van der Waals surface area contributed by atoms with E-state index in [0.717, 1.165) is 29.1 Å². The molecule has 1 aliphatic heterocycles. The Morgan fingerprint density at radius 2 is 1.78 bits per heavy atom. The maximum absolute atomic E-state index is 13.1. The predicted octanol–water partition coefficient (Wildman–Crippen LogP) is 4.60. The van der Waals surface area contributed by atoms with E-state index in [1.807, 2.05) is 26.1 Å². The minimum atomic E-state index is -3.71. The van der Waals surface area contributed by atoms with Gasteiger partial charge in [-0.3, -0.25) is 14.3 Å². The summed E-state index contributed by atoms with van der Waals surface area (Å²) < 4.78 is 30.7. The predicted molar refractivity (Wildman–Crippen MR) is 129 cm³/mol. The number of anilines is 1. The smallest absolute Gasteiger partial charge is 0.262 e. The van der Waals surface area contributed by atoms with Gasteiger partial charge in [0, 0.05) is 13.6 Å². The number of hydrogen-bond acceptors (Lipinski definition) is 4. The summed E-state index contributed by atoms with van der Waals surface area (Å²) in [5, 5.41) is 4.51. The summed E-state index contributed by atoms with van der Waals surface area (Å²) in [6.45, 7) is 9.37. The average Bonchev–Trinajstić information content (AvgIpc) is 2.97. The van der Waals surface area contributed by atoms with E-state index in [1.54, 1.807) is 16.8 Å². The van der Waals surface area contributed by atoms with E-state index in [2.05, 4.69) is 52.8 Å². The summed E-state index contributed by atoms with van der Waals surface area (Å²) in [7, 11) is -1.87. The lowest BCUT2D eigenvalue weighted by Crippen LogP contribution is -2.36. The van der Waals surface area contributed by atoms with Crippen LogP contribution in [0.2, 0.25) is 0 Å². The standard InChI is InChI=1S/C25H32N4O2S/c1-18(2)15-24-25(19(3)28(4)26-24)27-32(30,31)23-11-9-21(10-12-23)22-8-5-7-20(16-22)17-29-13-6-14-29/h5,7-12,16,18,27H,6,13-15,17H2,1-4H3. The molecular weight excluding hydrogens is 420 g/mol. The van der Waals surface area contributed by atoms with Gasteiger partial charge in [0.15, 0.2) is 0 Å². The largest absolute Gasteiger partial charge is 0.299 e. The van der Waals surface area contributed by atoms with Gasteiger partial charge in [0.25, 0.3) is 10.0 Å². The number of hydrogen-bond donors (Lipinski definition) is 1. The van der Waals surface area contributed by atoms with E-state index in [1.165, 1.54) is 25.1 Å². The van der Waals surface area contributed by atoms with Crippen molar-refractivity contribution in [1.82, 2.24) is 14.7 Å². The monoisotopic (exact) mass is 452 g/mol. The highest BCUT2D eigenvalue weighted by Gasteiger charge is 2.21. The molecule has 0 bridgehead atoms. The Balaban J connectivity index is 1.54. The van der Waals surface area contributed by atoms with E-state index < -0.39 is 10.0 Å². The Bertz CT molecular complexity index is 1190. The van der Waals surface area contributed by atoms with Gasteiger partial charge in [-0.05, 0) is 73.7 Å². The normalized spacial score (nSPS) is 14.5. The molecule has 32 heavy (non-hydrogen) atoms. The Morgan fingerprint density at radius 3 is 2.41 bits per heavy atom. The van der Waals surface area contributed by atoms with Gasteiger partial charge in [-0.15, -0.1) is 0 Å². The minimum absolute atomic E-state index is 0.247. The summed E-state index contributed by atoms with van der Waals surface area (Å²) in [5.74, 6) is 0.378. The SMILES string of the molecule is Cc1c(NS(=O)(=O)c2ccc(-c3cccc(CN4CCC4)c3)cc2)c(CC(C)C)nn1C.